The Hall–Kier alpha value is -3.85. The number of ether oxygens (including phenoxy) is 5. The van der Waals surface area contributed by atoms with Crippen LogP contribution in [-0.2, 0) is 56.7 Å². The van der Waals surface area contributed by atoms with Gasteiger partial charge < -0.3 is 28.8 Å². The molecule has 0 aliphatic carbocycles. The lowest BCUT2D eigenvalue weighted by Crippen LogP contribution is -2.58. The van der Waals surface area contributed by atoms with Crippen molar-refractivity contribution in [2.75, 3.05) is 6.61 Å². The summed E-state index contributed by atoms with van der Waals surface area (Å²) in [4.78, 5) is 0. The van der Waals surface area contributed by atoms with Crippen molar-refractivity contribution in [3.63, 3.8) is 0 Å². The normalized spacial score (nSPS) is 20.8. The van der Waals surface area contributed by atoms with Gasteiger partial charge in [0.05, 0.1) is 39.6 Å². The summed E-state index contributed by atoms with van der Waals surface area (Å²) in [6, 6.07) is 45.7. The zero-order chi connectivity index (χ0) is 33.0. The number of aliphatic hydroxyl groups is 1. The molecule has 5 aromatic rings. The van der Waals surface area contributed by atoms with E-state index in [1.165, 1.54) is 0 Å². The molecule has 1 saturated heterocycles. The van der Waals surface area contributed by atoms with Crippen LogP contribution in [0, 0.1) is 0 Å². The van der Waals surface area contributed by atoms with E-state index in [-0.39, 0.29) is 13.2 Å². The predicted octanol–water partition coefficient (Wildman–Crippen LogP) is 8.25. The molecule has 0 amide bonds. The number of rotatable bonds is 15. The van der Waals surface area contributed by atoms with Gasteiger partial charge in [0.2, 0.25) is 0 Å². The predicted molar refractivity (Wildman–Crippen MR) is 186 cm³/mol. The summed E-state index contributed by atoms with van der Waals surface area (Å²) in [7, 11) is 0. The van der Waals surface area contributed by atoms with Crippen molar-refractivity contribution in [2.45, 2.75) is 63.6 Å². The van der Waals surface area contributed by atoms with Crippen molar-refractivity contribution >= 4 is 11.6 Å². The van der Waals surface area contributed by atoms with Crippen LogP contribution < -0.4 is 0 Å². The zero-order valence-corrected chi connectivity index (χ0v) is 27.5. The lowest BCUT2D eigenvalue weighted by molar-refractivity contribution is -0.275. The second kappa shape index (κ2) is 17.5. The van der Waals surface area contributed by atoms with Crippen LogP contribution >= 0.6 is 11.6 Å². The molecule has 7 heteroatoms. The van der Waals surface area contributed by atoms with Crippen LogP contribution in [0.1, 0.15) is 39.5 Å². The van der Waals surface area contributed by atoms with Crippen LogP contribution in [0.4, 0.5) is 0 Å². The molecule has 6 rings (SSSR count). The smallest absolute Gasteiger partial charge is 0.117 e. The Morgan fingerprint density at radius 2 is 0.979 bits per heavy atom. The van der Waals surface area contributed by atoms with Gasteiger partial charge in [-0.1, -0.05) is 139 Å². The van der Waals surface area contributed by atoms with Gasteiger partial charge in [-0.05, 0) is 39.9 Å². The fourth-order valence-corrected chi connectivity index (χ4v) is 6.17. The van der Waals surface area contributed by atoms with E-state index >= 15 is 0 Å². The summed E-state index contributed by atoms with van der Waals surface area (Å²) in [5, 5.41) is 10.6. The lowest BCUT2D eigenvalue weighted by atomic mass is 9.89. The highest BCUT2D eigenvalue weighted by Crippen LogP contribution is 2.41. The topological polar surface area (TPSA) is 66.4 Å². The van der Waals surface area contributed by atoms with Gasteiger partial charge in [-0.2, -0.15) is 0 Å². The molecular formula is C41H41ClO6. The van der Waals surface area contributed by atoms with Crippen LogP contribution in [0.15, 0.2) is 140 Å². The Balaban J connectivity index is 1.37. The van der Waals surface area contributed by atoms with Crippen molar-refractivity contribution in [2.24, 2.45) is 0 Å². The fourth-order valence-electron chi connectivity index (χ4n) is 5.95. The summed E-state index contributed by atoms with van der Waals surface area (Å²) < 4.78 is 33.6. The first-order valence-corrected chi connectivity index (χ1v) is 16.7. The molecule has 0 saturated carbocycles. The van der Waals surface area contributed by atoms with Gasteiger partial charge in [0, 0.05) is 10.6 Å². The summed E-state index contributed by atoms with van der Waals surface area (Å²) in [5.41, 5.74) is 5.58. The van der Waals surface area contributed by atoms with Crippen LogP contribution in [0.5, 0.6) is 0 Å². The van der Waals surface area contributed by atoms with E-state index in [1.54, 1.807) is 6.07 Å². The van der Waals surface area contributed by atoms with Crippen LogP contribution in [0.2, 0.25) is 5.02 Å². The van der Waals surface area contributed by atoms with Crippen molar-refractivity contribution in [1.29, 1.82) is 0 Å². The number of hydrogen-bond acceptors (Lipinski definition) is 6. The Morgan fingerprint density at radius 3 is 1.48 bits per heavy atom. The standard InChI is InChI=1S/C41H41ClO6/c42-36-22-21-34(24-43)23-35(36)38-40(46-27-32-17-9-3-10-18-32)41(47-28-33-19-11-4-12-20-33)39(45-26-31-15-7-2-8-16-31)37(48-38)29-44-25-30-13-5-1-6-14-30/h1-23,37-41,43H,24-29H2/t37-,38?,39-,40+,41+/m1/s1. The van der Waals surface area contributed by atoms with Crippen molar-refractivity contribution in [3.8, 4) is 0 Å². The minimum absolute atomic E-state index is 0.132. The van der Waals surface area contributed by atoms with Gasteiger partial charge in [0.15, 0.2) is 0 Å². The highest BCUT2D eigenvalue weighted by atomic mass is 35.5. The number of halogens is 1. The number of hydrogen-bond donors (Lipinski definition) is 1. The summed E-state index contributed by atoms with van der Waals surface area (Å²) in [5.74, 6) is 0. The molecule has 5 atom stereocenters. The monoisotopic (exact) mass is 664 g/mol. The highest BCUT2D eigenvalue weighted by molar-refractivity contribution is 6.31. The Bertz CT molecular complexity index is 1650. The van der Waals surface area contributed by atoms with E-state index in [9.17, 15) is 5.11 Å². The molecule has 248 valence electrons. The van der Waals surface area contributed by atoms with Gasteiger partial charge in [-0.15, -0.1) is 0 Å². The molecule has 0 radical (unpaired) electrons. The first kappa shape index (κ1) is 34.0. The van der Waals surface area contributed by atoms with Gasteiger partial charge in [-0.3, -0.25) is 0 Å². The number of aliphatic hydroxyl groups excluding tert-OH is 1. The van der Waals surface area contributed by atoms with Gasteiger partial charge in [0.25, 0.3) is 0 Å². The molecule has 1 N–H and O–H groups in total. The van der Waals surface area contributed by atoms with Crippen molar-refractivity contribution in [3.05, 3.63) is 178 Å². The van der Waals surface area contributed by atoms with Crippen LogP contribution in [0.25, 0.3) is 0 Å². The maximum absolute atomic E-state index is 10.0. The molecule has 48 heavy (non-hydrogen) atoms. The molecule has 1 unspecified atom stereocenters. The van der Waals surface area contributed by atoms with E-state index < -0.39 is 30.5 Å². The lowest BCUT2D eigenvalue weighted by Gasteiger charge is -2.46. The molecule has 0 aromatic heterocycles. The first-order chi connectivity index (χ1) is 23.7. The van der Waals surface area contributed by atoms with E-state index in [4.69, 9.17) is 35.3 Å². The minimum atomic E-state index is -0.643. The van der Waals surface area contributed by atoms with E-state index in [2.05, 4.69) is 0 Å². The Labute approximate surface area is 287 Å². The molecule has 6 nitrogen and oxygen atoms in total. The second-order valence-electron chi connectivity index (χ2n) is 11.9. The average molecular weight is 665 g/mol. The average Bonchev–Trinajstić information content (AvgIpc) is 3.14. The third kappa shape index (κ3) is 9.19. The summed E-state index contributed by atoms with van der Waals surface area (Å²) in [6.07, 6.45) is -2.92. The van der Waals surface area contributed by atoms with E-state index in [0.29, 0.717) is 37.0 Å². The molecular weight excluding hydrogens is 624 g/mol. The van der Waals surface area contributed by atoms with Gasteiger partial charge in [-0.25, -0.2) is 0 Å². The molecule has 1 aliphatic heterocycles. The zero-order valence-electron chi connectivity index (χ0n) is 26.8. The molecule has 1 aliphatic rings. The van der Waals surface area contributed by atoms with E-state index in [1.807, 2.05) is 133 Å². The Kier molecular flexibility index (Phi) is 12.4. The SMILES string of the molecule is OCc1ccc(Cl)c(C2O[C@H](COCc3ccccc3)[C@@H](OCc3ccccc3)[C@H](OCc3ccccc3)[C@H]2OCc2ccccc2)c1. The summed E-state index contributed by atoms with van der Waals surface area (Å²) in [6.45, 7) is 1.56. The second-order valence-corrected chi connectivity index (χ2v) is 12.3. The van der Waals surface area contributed by atoms with E-state index in [0.717, 1.165) is 27.8 Å². The quantitative estimate of drug-likeness (QED) is 0.122. The maximum Gasteiger partial charge on any atom is 0.117 e. The van der Waals surface area contributed by atoms with Crippen LogP contribution in [0.3, 0.4) is 0 Å². The first-order valence-electron chi connectivity index (χ1n) is 16.3. The third-order valence-electron chi connectivity index (χ3n) is 8.43. The van der Waals surface area contributed by atoms with Gasteiger partial charge in [0.1, 0.15) is 30.5 Å². The fraction of sp³-hybridized carbons (Fsp3) is 0.268. The van der Waals surface area contributed by atoms with Crippen LogP contribution in [-0.4, -0.2) is 36.1 Å². The van der Waals surface area contributed by atoms with Crippen molar-refractivity contribution in [1.82, 2.24) is 0 Å². The molecule has 5 aromatic carbocycles. The molecule has 0 spiro atoms. The molecule has 1 fully saturated rings. The largest absolute Gasteiger partial charge is 0.392 e. The molecule has 1 heterocycles. The maximum atomic E-state index is 10.0. The summed E-state index contributed by atoms with van der Waals surface area (Å²) >= 11 is 6.88. The minimum Gasteiger partial charge on any atom is -0.392 e. The third-order valence-corrected chi connectivity index (χ3v) is 8.78. The Morgan fingerprint density at radius 1 is 0.521 bits per heavy atom. The number of benzene rings is 5. The van der Waals surface area contributed by atoms with Gasteiger partial charge >= 0.3 is 0 Å². The highest BCUT2D eigenvalue weighted by Gasteiger charge is 2.49. The molecule has 0 bridgehead atoms. The van der Waals surface area contributed by atoms with Crippen molar-refractivity contribution < 1.29 is 28.8 Å².